The fourth-order valence-electron chi connectivity index (χ4n) is 6.73. The molecule has 2 aromatic heterocycles. The topological polar surface area (TPSA) is 156 Å². The molecule has 0 saturated carbocycles. The zero-order valence-electron chi connectivity index (χ0n) is 29.4. The second kappa shape index (κ2) is 16.0. The lowest BCUT2D eigenvalue weighted by Crippen LogP contribution is -2.53. The van der Waals surface area contributed by atoms with Gasteiger partial charge >= 0.3 is 0 Å². The first-order valence-electron chi connectivity index (χ1n) is 17.4. The zero-order chi connectivity index (χ0) is 39.0. The monoisotopic (exact) mass is 833 g/mol. The first-order chi connectivity index (χ1) is 26.4. The number of hydrogen-bond acceptors (Lipinski definition) is 9. The number of benzene rings is 2. The van der Waals surface area contributed by atoms with Gasteiger partial charge in [-0.3, -0.25) is 24.2 Å². The summed E-state index contributed by atoms with van der Waals surface area (Å²) < 4.78 is 79.6. The number of primary amides is 1. The Morgan fingerprint density at radius 3 is 1.80 bits per heavy atom. The molecule has 0 aliphatic carbocycles. The van der Waals surface area contributed by atoms with Crippen LogP contribution in [0.15, 0.2) is 53.3 Å². The SMILES string of the molecule is C[C@H](Cc1ccc2c(c1)OCCn1cc(N3C(=O)COC[C@H]3C(F)F)nc1-2)C(N)=O.O=C1COC[C@@H](C(F)F)N1c1cn2c(n1)-c1ccc(Br)cc1OCC2. The number of morpholine rings is 2. The molecule has 2 saturated heterocycles. The van der Waals surface area contributed by atoms with E-state index in [0.717, 1.165) is 25.4 Å². The van der Waals surface area contributed by atoms with Crippen LogP contribution in [0.5, 0.6) is 11.5 Å². The molecule has 292 valence electrons. The molecule has 3 amide bonds. The highest BCUT2D eigenvalue weighted by molar-refractivity contribution is 9.10. The van der Waals surface area contributed by atoms with Crippen LogP contribution in [0.2, 0.25) is 0 Å². The van der Waals surface area contributed by atoms with E-state index in [1.807, 2.05) is 41.0 Å². The summed E-state index contributed by atoms with van der Waals surface area (Å²) in [7, 11) is 0. The fraction of sp³-hybridized carbons (Fsp3) is 0.417. The van der Waals surface area contributed by atoms with Crippen LogP contribution in [-0.2, 0) is 43.4 Å². The van der Waals surface area contributed by atoms with Crippen molar-refractivity contribution in [2.45, 2.75) is 51.4 Å². The number of fused-ring (bicyclic) bond motifs is 6. The number of halogens is 5. The van der Waals surface area contributed by atoms with Crippen molar-refractivity contribution in [3.05, 3.63) is 58.8 Å². The van der Waals surface area contributed by atoms with Gasteiger partial charge in [-0.05, 0) is 42.3 Å². The van der Waals surface area contributed by atoms with Crippen molar-refractivity contribution in [3.63, 3.8) is 0 Å². The molecule has 4 aromatic rings. The minimum Gasteiger partial charge on any atom is -0.491 e. The van der Waals surface area contributed by atoms with Crippen LogP contribution in [0, 0.1) is 5.92 Å². The van der Waals surface area contributed by atoms with E-state index in [9.17, 15) is 31.9 Å². The number of carbonyl (C=O) groups excluding carboxylic acids is 3. The Morgan fingerprint density at radius 1 is 0.818 bits per heavy atom. The number of amides is 3. The van der Waals surface area contributed by atoms with Gasteiger partial charge in [0.05, 0.1) is 37.4 Å². The number of nitrogens with zero attached hydrogens (tertiary/aromatic N) is 6. The molecule has 0 unspecified atom stereocenters. The highest BCUT2D eigenvalue weighted by atomic mass is 79.9. The smallest absolute Gasteiger partial charge is 0.261 e. The van der Waals surface area contributed by atoms with Crippen molar-refractivity contribution in [2.24, 2.45) is 11.7 Å². The van der Waals surface area contributed by atoms with Gasteiger partial charge in [-0.15, -0.1) is 0 Å². The van der Waals surface area contributed by atoms with Gasteiger partial charge in [-0.25, -0.2) is 27.5 Å². The highest BCUT2D eigenvalue weighted by Gasteiger charge is 2.39. The number of hydrogen-bond donors (Lipinski definition) is 1. The summed E-state index contributed by atoms with van der Waals surface area (Å²) in [6, 6.07) is 8.33. The highest BCUT2D eigenvalue weighted by Crippen LogP contribution is 2.38. The molecular weight excluding hydrogens is 798 g/mol. The third-order valence-corrected chi connectivity index (χ3v) is 10.0. The minimum atomic E-state index is -2.75. The molecular formula is C36H36BrF4N7O7. The van der Waals surface area contributed by atoms with Crippen LogP contribution in [0.25, 0.3) is 22.8 Å². The van der Waals surface area contributed by atoms with Gasteiger partial charge in [-0.2, -0.15) is 0 Å². The van der Waals surface area contributed by atoms with Crippen LogP contribution in [0.3, 0.4) is 0 Å². The second-order valence-electron chi connectivity index (χ2n) is 13.3. The van der Waals surface area contributed by atoms with Gasteiger partial charge in [0.1, 0.15) is 61.7 Å². The van der Waals surface area contributed by atoms with E-state index in [0.29, 0.717) is 61.4 Å². The lowest BCUT2D eigenvalue weighted by molar-refractivity contribution is -0.130. The molecule has 4 aliphatic rings. The van der Waals surface area contributed by atoms with E-state index < -0.39 is 36.7 Å². The van der Waals surface area contributed by atoms with Crippen molar-refractivity contribution in [1.29, 1.82) is 0 Å². The Bertz CT molecular complexity index is 2100. The van der Waals surface area contributed by atoms with Gasteiger partial charge < -0.3 is 33.8 Å². The number of rotatable bonds is 7. The van der Waals surface area contributed by atoms with Gasteiger partial charge in [0.25, 0.3) is 24.7 Å². The molecule has 14 nitrogen and oxygen atoms in total. The summed E-state index contributed by atoms with van der Waals surface area (Å²) in [6.07, 6.45) is -1.77. The molecule has 8 rings (SSSR count). The average Bonchev–Trinajstić information content (AvgIpc) is 3.66. The molecule has 19 heteroatoms. The van der Waals surface area contributed by atoms with Gasteiger partial charge in [-0.1, -0.05) is 28.9 Å². The van der Waals surface area contributed by atoms with E-state index in [1.54, 1.807) is 23.9 Å². The molecule has 0 radical (unpaired) electrons. The van der Waals surface area contributed by atoms with E-state index >= 15 is 0 Å². The average molecular weight is 835 g/mol. The third kappa shape index (κ3) is 7.90. The van der Waals surface area contributed by atoms with Gasteiger partial charge in [0.15, 0.2) is 11.6 Å². The van der Waals surface area contributed by atoms with Crippen molar-refractivity contribution >= 4 is 45.3 Å². The van der Waals surface area contributed by atoms with E-state index in [1.165, 1.54) is 0 Å². The number of aromatic nitrogens is 4. The summed E-state index contributed by atoms with van der Waals surface area (Å²) >= 11 is 3.40. The van der Waals surface area contributed by atoms with Crippen molar-refractivity contribution < 1.29 is 50.9 Å². The summed E-state index contributed by atoms with van der Waals surface area (Å²) in [5.74, 6) is 0.969. The Kier molecular flexibility index (Phi) is 11.1. The summed E-state index contributed by atoms with van der Waals surface area (Å²) in [4.78, 5) is 46.9. The van der Waals surface area contributed by atoms with Crippen LogP contribution in [-0.4, -0.2) is 101 Å². The largest absolute Gasteiger partial charge is 0.491 e. The summed E-state index contributed by atoms with van der Waals surface area (Å²) in [5, 5.41) is 0. The van der Waals surface area contributed by atoms with Crippen molar-refractivity contribution in [1.82, 2.24) is 19.1 Å². The lowest BCUT2D eigenvalue weighted by Gasteiger charge is -2.33. The zero-order valence-corrected chi connectivity index (χ0v) is 31.0. The normalized spacial score (nSPS) is 19.9. The number of imidazole rings is 2. The number of nitrogens with two attached hydrogens (primary N) is 1. The molecule has 6 heterocycles. The van der Waals surface area contributed by atoms with Crippen LogP contribution in [0.4, 0.5) is 29.2 Å². The number of ether oxygens (including phenoxy) is 4. The standard InChI is InChI=1S/C20H22F2N4O4.C16H14BrF2N3O3/c1-11(19(23)28)6-12-2-3-13-15(7-12)30-5-4-25-8-16(24-20(13)25)26-14(18(21)22)9-29-10-17(26)27;17-9-1-2-10-12(5-9)25-4-3-21-6-13(20-16(10)21)22-11(15(18)19)7-24-8-14(22)23/h2-3,7-8,11,14,18H,4-6,9-10H2,1H3,(H2,23,28);1-2,5-6,11,15H,3-4,7-8H2/t11-,14+;11-/m10/s1. The first-order valence-corrected chi connectivity index (χ1v) is 18.2. The van der Waals surface area contributed by atoms with E-state index in [2.05, 4.69) is 25.9 Å². The molecule has 55 heavy (non-hydrogen) atoms. The van der Waals surface area contributed by atoms with Crippen LogP contribution < -0.4 is 25.0 Å². The number of carbonyl (C=O) groups is 3. The fourth-order valence-corrected chi connectivity index (χ4v) is 7.07. The first kappa shape index (κ1) is 38.3. The second-order valence-corrected chi connectivity index (χ2v) is 14.2. The van der Waals surface area contributed by atoms with Crippen molar-refractivity contribution in [3.8, 4) is 34.3 Å². The Labute approximate surface area is 320 Å². The predicted molar refractivity (Wildman–Crippen MR) is 192 cm³/mol. The molecule has 0 bridgehead atoms. The van der Waals surface area contributed by atoms with Gasteiger partial charge in [0.2, 0.25) is 5.91 Å². The Balaban J connectivity index is 0.000000172. The molecule has 2 aromatic carbocycles. The summed E-state index contributed by atoms with van der Waals surface area (Å²) in [6.45, 7) is 2.54. The molecule has 2 N–H and O–H groups in total. The summed E-state index contributed by atoms with van der Waals surface area (Å²) in [5.41, 5.74) is 7.67. The maximum absolute atomic E-state index is 13.5. The molecule has 3 atom stereocenters. The third-order valence-electron chi connectivity index (χ3n) is 9.51. The quantitative estimate of drug-likeness (QED) is 0.269. The molecule has 0 spiro atoms. The number of anilines is 2. The minimum absolute atomic E-state index is 0.169. The predicted octanol–water partition coefficient (Wildman–Crippen LogP) is 4.31. The number of alkyl halides is 4. The van der Waals surface area contributed by atoms with Gasteiger partial charge in [0, 0.05) is 22.8 Å². The maximum atomic E-state index is 13.5. The molecule has 4 aliphatic heterocycles. The van der Waals surface area contributed by atoms with Crippen LogP contribution in [0.1, 0.15) is 12.5 Å². The Hall–Kier alpha value is -5.01. The lowest BCUT2D eigenvalue weighted by atomic mass is 9.99. The van der Waals surface area contributed by atoms with Crippen LogP contribution >= 0.6 is 15.9 Å². The van der Waals surface area contributed by atoms with E-state index in [-0.39, 0.29) is 49.9 Å². The Morgan fingerprint density at radius 2 is 1.31 bits per heavy atom. The maximum Gasteiger partial charge on any atom is 0.261 e. The van der Waals surface area contributed by atoms with Crippen molar-refractivity contribution in [2.75, 3.05) is 49.4 Å². The van der Waals surface area contributed by atoms with E-state index in [4.69, 9.17) is 24.7 Å². The molecule has 2 fully saturated rings.